The smallest absolute Gasteiger partial charge is 0.258 e. The van der Waals surface area contributed by atoms with Gasteiger partial charge in [-0.05, 0) is 59.4 Å². The summed E-state index contributed by atoms with van der Waals surface area (Å²) in [7, 11) is -3.62. The first-order chi connectivity index (χ1) is 14.8. The van der Waals surface area contributed by atoms with Crippen molar-refractivity contribution in [3.05, 3.63) is 95.1 Å². The van der Waals surface area contributed by atoms with Crippen molar-refractivity contribution in [3.63, 3.8) is 0 Å². The van der Waals surface area contributed by atoms with E-state index in [0.717, 1.165) is 28.8 Å². The van der Waals surface area contributed by atoms with Crippen LogP contribution in [0.25, 0.3) is 0 Å². The van der Waals surface area contributed by atoms with Crippen LogP contribution in [-0.4, -0.2) is 20.9 Å². The predicted octanol–water partition coefficient (Wildman–Crippen LogP) is 4.49. The van der Waals surface area contributed by atoms with Crippen molar-refractivity contribution in [2.75, 3.05) is 11.4 Å². The van der Waals surface area contributed by atoms with Gasteiger partial charge in [0.1, 0.15) is 0 Å². The molecule has 0 aliphatic carbocycles. The lowest BCUT2D eigenvalue weighted by atomic mass is 10.0. The molecule has 1 amide bonds. The van der Waals surface area contributed by atoms with E-state index < -0.39 is 10.0 Å². The van der Waals surface area contributed by atoms with Gasteiger partial charge < -0.3 is 4.90 Å². The summed E-state index contributed by atoms with van der Waals surface area (Å²) < 4.78 is 28.1. The fourth-order valence-corrected chi connectivity index (χ4v) is 4.79. The number of nitrogens with one attached hydrogen (secondary N) is 1. The predicted molar refractivity (Wildman–Crippen MR) is 123 cm³/mol. The molecule has 0 saturated carbocycles. The van der Waals surface area contributed by atoms with Crippen LogP contribution in [0.2, 0.25) is 0 Å². The average molecular weight is 435 g/mol. The van der Waals surface area contributed by atoms with Crippen LogP contribution in [0.1, 0.15) is 46.8 Å². The highest BCUT2D eigenvalue weighted by atomic mass is 32.2. The molecule has 160 valence electrons. The van der Waals surface area contributed by atoms with Gasteiger partial charge in [-0.2, -0.15) is 0 Å². The molecule has 0 fully saturated rings. The maximum absolute atomic E-state index is 12.9. The maximum atomic E-state index is 12.9. The fourth-order valence-electron chi connectivity index (χ4n) is 3.78. The van der Waals surface area contributed by atoms with Crippen LogP contribution >= 0.6 is 0 Å². The minimum absolute atomic E-state index is 0.0395. The fraction of sp³-hybridized carbons (Fsp3) is 0.240. The average Bonchev–Trinajstić information content (AvgIpc) is 3.21. The van der Waals surface area contributed by atoms with Crippen molar-refractivity contribution in [1.29, 1.82) is 0 Å². The van der Waals surface area contributed by atoms with Crippen LogP contribution in [-0.2, 0) is 23.0 Å². The standard InChI is InChI=1S/C25H26N2O3S/c1-18(2)20-10-12-23(13-11-20)31(29,30)26-17-19-8-9-21-14-15-27(24(21)16-19)25(28)22-6-4-3-5-7-22/h3-13,16,18,26H,14-15,17H2,1-2H3. The SMILES string of the molecule is CC(C)c1ccc(S(=O)(=O)NCc2ccc3c(c2)N(C(=O)c2ccccc2)CC3)cc1. The molecule has 5 nitrogen and oxygen atoms in total. The molecule has 0 unspecified atom stereocenters. The topological polar surface area (TPSA) is 66.5 Å². The summed E-state index contributed by atoms with van der Waals surface area (Å²) >= 11 is 0. The zero-order chi connectivity index (χ0) is 22.0. The largest absolute Gasteiger partial charge is 0.308 e. The Morgan fingerprint density at radius 3 is 2.39 bits per heavy atom. The maximum Gasteiger partial charge on any atom is 0.258 e. The van der Waals surface area contributed by atoms with Crippen LogP contribution in [0.5, 0.6) is 0 Å². The normalized spacial score (nSPS) is 13.5. The van der Waals surface area contributed by atoms with E-state index in [0.29, 0.717) is 18.0 Å². The summed E-state index contributed by atoms with van der Waals surface area (Å²) in [5.74, 6) is 0.306. The lowest BCUT2D eigenvalue weighted by Gasteiger charge is -2.18. The molecule has 0 bridgehead atoms. The third kappa shape index (κ3) is 4.55. The molecule has 0 saturated heterocycles. The second-order valence-corrected chi connectivity index (χ2v) is 9.85. The first kappa shape index (κ1) is 21.3. The summed E-state index contributed by atoms with van der Waals surface area (Å²) in [5.41, 5.74) is 4.51. The van der Waals surface area contributed by atoms with Crippen LogP contribution in [0.15, 0.2) is 77.7 Å². The van der Waals surface area contributed by atoms with Gasteiger partial charge in [-0.15, -0.1) is 0 Å². The van der Waals surface area contributed by atoms with Crippen molar-refractivity contribution < 1.29 is 13.2 Å². The van der Waals surface area contributed by atoms with E-state index in [-0.39, 0.29) is 17.3 Å². The number of nitrogens with zero attached hydrogens (tertiary/aromatic N) is 1. The van der Waals surface area contributed by atoms with Crippen molar-refractivity contribution in [3.8, 4) is 0 Å². The minimum Gasteiger partial charge on any atom is -0.308 e. The van der Waals surface area contributed by atoms with E-state index in [1.807, 2.05) is 60.7 Å². The number of carbonyl (C=O) groups excluding carboxylic acids is 1. The van der Waals surface area contributed by atoms with Gasteiger partial charge in [-0.1, -0.05) is 56.3 Å². The van der Waals surface area contributed by atoms with Gasteiger partial charge >= 0.3 is 0 Å². The molecule has 1 heterocycles. The Labute approximate surface area is 183 Å². The van der Waals surface area contributed by atoms with Gasteiger partial charge in [0.15, 0.2) is 0 Å². The molecule has 3 aromatic rings. The summed E-state index contributed by atoms with van der Waals surface area (Å²) in [5, 5.41) is 0. The quantitative estimate of drug-likeness (QED) is 0.622. The highest BCUT2D eigenvalue weighted by molar-refractivity contribution is 7.89. The Balaban J connectivity index is 1.50. The Morgan fingerprint density at radius 1 is 1.00 bits per heavy atom. The molecule has 31 heavy (non-hydrogen) atoms. The zero-order valence-corrected chi connectivity index (χ0v) is 18.5. The summed E-state index contributed by atoms with van der Waals surface area (Å²) in [4.78, 5) is 14.9. The molecular weight excluding hydrogens is 408 g/mol. The monoisotopic (exact) mass is 434 g/mol. The van der Waals surface area contributed by atoms with Gasteiger partial charge in [0.2, 0.25) is 10.0 Å². The Hall–Kier alpha value is -2.96. The van der Waals surface area contributed by atoms with Crippen molar-refractivity contribution in [1.82, 2.24) is 4.72 Å². The molecule has 0 spiro atoms. The van der Waals surface area contributed by atoms with Gasteiger partial charge in [0.25, 0.3) is 5.91 Å². The number of sulfonamides is 1. The lowest BCUT2D eigenvalue weighted by Crippen LogP contribution is -2.29. The third-order valence-corrected chi connectivity index (χ3v) is 7.05. The van der Waals surface area contributed by atoms with E-state index in [9.17, 15) is 13.2 Å². The van der Waals surface area contributed by atoms with Crippen molar-refractivity contribution in [2.24, 2.45) is 0 Å². The number of rotatable bonds is 6. The van der Waals surface area contributed by atoms with Gasteiger partial charge in [0.05, 0.1) is 4.90 Å². The second kappa shape index (κ2) is 8.65. The third-order valence-electron chi connectivity index (χ3n) is 5.63. The van der Waals surface area contributed by atoms with E-state index >= 15 is 0 Å². The molecular formula is C25H26N2O3S. The minimum atomic E-state index is -3.62. The summed E-state index contributed by atoms with van der Waals surface area (Å²) in [6.45, 7) is 4.93. The number of fused-ring (bicyclic) bond motifs is 1. The zero-order valence-electron chi connectivity index (χ0n) is 17.7. The Bertz CT molecular complexity index is 1190. The number of hydrogen-bond acceptors (Lipinski definition) is 3. The van der Waals surface area contributed by atoms with Crippen LogP contribution in [0.4, 0.5) is 5.69 Å². The Kier molecular flexibility index (Phi) is 5.94. The van der Waals surface area contributed by atoms with Crippen LogP contribution in [0.3, 0.4) is 0 Å². The van der Waals surface area contributed by atoms with E-state index in [2.05, 4.69) is 18.6 Å². The molecule has 1 aliphatic heterocycles. The molecule has 1 N–H and O–H groups in total. The van der Waals surface area contributed by atoms with E-state index in [1.54, 1.807) is 17.0 Å². The molecule has 6 heteroatoms. The molecule has 0 atom stereocenters. The summed E-state index contributed by atoms with van der Waals surface area (Å²) in [6, 6.07) is 22.0. The van der Waals surface area contributed by atoms with Gasteiger partial charge in [-0.3, -0.25) is 4.79 Å². The number of anilines is 1. The first-order valence-electron chi connectivity index (χ1n) is 10.4. The van der Waals surface area contributed by atoms with Gasteiger partial charge in [-0.25, -0.2) is 13.1 Å². The van der Waals surface area contributed by atoms with Crippen LogP contribution in [0, 0.1) is 0 Å². The summed E-state index contributed by atoms with van der Waals surface area (Å²) in [6.07, 6.45) is 0.794. The van der Waals surface area contributed by atoms with Crippen molar-refractivity contribution >= 4 is 21.6 Å². The second-order valence-electron chi connectivity index (χ2n) is 8.08. The highest BCUT2D eigenvalue weighted by Gasteiger charge is 2.26. The van der Waals surface area contributed by atoms with E-state index in [1.165, 1.54) is 0 Å². The molecule has 0 aromatic heterocycles. The molecule has 4 rings (SSSR count). The first-order valence-corrected chi connectivity index (χ1v) is 11.9. The highest BCUT2D eigenvalue weighted by Crippen LogP contribution is 2.30. The molecule has 3 aromatic carbocycles. The molecule has 0 radical (unpaired) electrons. The van der Waals surface area contributed by atoms with Gasteiger partial charge in [0, 0.05) is 24.3 Å². The number of carbonyl (C=O) groups is 1. The number of benzene rings is 3. The number of amides is 1. The van der Waals surface area contributed by atoms with E-state index in [4.69, 9.17) is 0 Å². The Morgan fingerprint density at radius 2 is 1.71 bits per heavy atom. The van der Waals surface area contributed by atoms with Crippen LogP contribution < -0.4 is 9.62 Å². The van der Waals surface area contributed by atoms with Crippen molar-refractivity contribution in [2.45, 2.75) is 37.6 Å². The number of hydrogen-bond donors (Lipinski definition) is 1. The molecule has 1 aliphatic rings. The lowest BCUT2D eigenvalue weighted by molar-refractivity contribution is 0.0989.